The molecule has 0 aliphatic heterocycles. The van der Waals surface area contributed by atoms with Gasteiger partial charge in [0.1, 0.15) is 0 Å². The van der Waals surface area contributed by atoms with Gasteiger partial charge in [-0.1, -0.05) is 42.5 Å². The standard InChI is InChI=1S/C20H22N2O3/c1-25-20(24)12-10-17-7-2-3-8-18(17)22-14-16-6-4-5-15(13-16)9-11-19(21)23/h2-8,10,12-13,22H,9,11,14H2,1H3,(H2,21,23). The number of nitrogens with one attached hydrogen (secondary N) is 1. The molecule has 0 heterocycles. The minimum absolute atomic E-state index is 0.296. The zero-order valence-electron chi connectivity index (χ0n) is 14.2. The number of hydrogen-bond acceptors (Lipinski definition) is 4. The minimum Gasteiger partial charge on any atom is -0.466 e. The second kappa shape index (κ2) is 9.27. The van der Waals surface area contributed by atoms with Gasteiger partial charge in [0.05, 0.1) is 7.11 Å². The van der Waals surface area contributed by atoms with Gasteiger partial charge in [-0.2, -0.15) is 0 Å². The number of ether oxygens (including phenoxy) is 1. The molecule has 0 saturated heterocycles. The summed E-state index contributed by atoms with van der Waals surface area (Å²) in [5.74, 6) is -0.688. The van der Waals surface area contributed by atoms with Crippen molar-refractivity contribution in [2.45, 2.75) is 19.4 Å². The maximum atomic E-state index is 11.3. The van der Waals surface area contributed by atoms with Crippen LogP contribution in [0.15, 0.2) is 54.6 Å². The number of para-hydroxylation sites is 1. The molecule has 5 nitrogen and oxygen atoms in total. The first-order valence-corrected chi connectivity index (χ1v) is 8.03. The van der Waals surface area contributed by atoms with E-state index in [1.165, 1.54) is 13.2 Å². The number of carbonyl (C=O) groups is 2. The predicted octanol–water partition coefficient (Wildman–Crippen LogP) is 2.90. The summed E-state index contributed by atoms with van der Waals surface area (Å²) in [6.07, 6.45) is 4.10. The smallest absolute Gasteiger partial charge is 0.330 e. The van der Waals surface area contributed by atoms with Crippen LogP contribution in [0.5, 0.6) is 0 Å². The van der Waals surface area contributed by atoms with Crippen molar-refractivity contribution >= 4 is 23.6 Å². The molecule has 0 radical (unpaired) electrons. The molecule has 0 atom stereocenters. The highest BCUT2D eigenvalue weighted by Crippen LogP contribution is 2.18. The van der Waals surface area contributed by atoms with Crippen molar-refractivity contribution in [3.63, 3.8) is 0 Å². The number of primary amides is 1. The fraction of sp³-hybridized carbons (Fsp3) is 0.200. The first kappa shape index (κ1) is 18.3. The van der Waals surface area contributed by atoms with Crippen LogP contribution in [0.25, 0.3) is 6.08 Å². The SMILES string of the molecule is COC(=O)C=Cc1ccccc1NCc1cccc(CCC(N)=O)c1. The van der Waals surface area contributed by atoms with E-state index in [1.54, 1.807) is 6.08 Å². The summed E-state index contributed by atoms with van der Waals surface area (Å²) in [4.78, 5) is 22.2. The number of methoxy groups -OCH3 is 1. The van der Waals surface area contributed by atoms with Gasteiger partial charge in [0.2, 0.25) is 5.91 Å². The third-order valence-corrected chi connectivity index (χ3v) is 3.70. The molecule has 0 fully saturated rings. The van der Waals surface area contributed by atoms with Gasteiger partial charge in [-0.25, -0.2) is 4.79 Å². The van der Waals surface area contributed by atoms with E-state index < -0.39 is 5.97 Å². The first-order valence-electron chi connectivity index (χ1n) is 8.03. The van der Waals surface area contributed by atoms with Crippen molar-refractivity contribution in [2.75, 3.05) is 12.4 Å². The molecule has 1 amide bonds. The Morgan fingerprint density at radius 3 is 2.64 bits per heavy atom. The normalized spacial score (nSPS) is 10.6. The van der Waals surface area contributed by atoms with Crippen molar-refractivity contribution in [3.8, 4) is 0 Å². The van der Waals surface area contributed by atoms with E-state index in [4.69, 9.17) is 5.73 Å². The van der Waals surface area contributed by atoms with Gasteiger partial charge < -0.3 is 15.8 Å². The molecular weight excluding hydrogens is 316 g/mol. The number of esters is 1. The fourth-order valence-corrected chi connectivity index (χ4v) is 2.39. The van der Waals surface area contributed by atoms with Gasteiger partial charge in [-0.3, -0.25) is 4.79 Å². The van der Waals surface area contributed by atoms with Crippen molar-refractivity contribution in [2.24, 2.45) is 5.73 Å². The molecule has 2 aromatic rings. The lowest BCUT2D eigenvalue weighted by Crippen LogP contribution is -2.11. The number of anilines is 1. The zero-order valence-corrected chi connectivity index (χ0v) is 14.2. The highest BCUT2D eigenvalue weighted by atomic mass is 16.5. The summed E-state index contributed by atoms with van der Waals surface area (Å²) in [6.45, 7) is 0.632. The van der Waals surface area contributed by atoms with E-state index in [2.05, 4.69) is 16.1 Å². The van der Waals surface area contributed by atoms with Crippen LogP contribution in [0.2, 0.25) is 0 Å². The molecule has 3 N–H and O–H groups in total. The second-order valence-electron chi connectivity index (χ2n) is 5.58. The zero-order chi connectivity index (χ0) is 18.1. The molecule has 2 rings (SSSR count). The van der Waals surface area contributed by atoms with Crippen molar-refractivity contribution in [1.29, 1.82) is 0 Å². The monoisotopic (exact) mass is 338 g/mol. The van der Waals surface area contributed by atoms with E-state index >= 15 is 0 Å². The maximum absolute atomic E-state index is 11.3. The molecular formula is C20H22N2O3. The fourth-order valence-electron chi connectivity index (χ4n) is 2.39. The largest absolute Gasteiger partial charge is 0.466 e. The van der Waals surface area contributed by atoms with E-state index in [0.29, 0.717) is 19.4 Å². The van der Waals surface area contributed by atoms with Crippen LogP contribution in [0.3, 0.4) is 0 Å². The van der Waals surface area contributed by atoms with Crippen LogP contribution in [0, 0.1) is 0 Å². The summed E-state index contributed by atoms with van der Waals surface area (Å²) in [6, 6.07) is 15.7. The summed E-state index contributed by atoms with van der Waals surface area (Å²) in [5.41, 5.74) is 9.21. The van der Waals surface area contributed by atoms with Gasteiger partial charge in [0.15, 0.2) is 0 Å². The van der Waals surface area contributed by atoms with Crippen LogP contribution >= 0.6 is 0 Å². The van der Waals surface area contributed by atoms with Crippen molar-refractivity contribution in [1.82, 2.24) is 0 Å². The topological polar surface area (TPSA) is 81.4 Å². The molecule has 5 heteroatoms. The average Bonchev–Trinajstić information content (AvgIpc) is 2.63. The maximum Gasteiger partial charge on any atom is 0.330 e. The lowest BCUT2D eigenvalue weighted by atomic mass is 10.1. The molecule has 130 valence electrons. The lowest BCUT2D eigenvalue weighted by Gasteiger charge is -2.11. The van der Waals surface area contributed by atoms with Crippen LogP contribution in [-0.2, 0) is 27.3 Å². The predicted molar refractivity (Wildman–Crippen MR) is 98.8 cm³/mol. The summed E-state index contributed by atoms with van der Waals surface area (Å²) in [7, 11) is 1.35. The quantitative estimate of drug-likeness (QED) is 0.573. The summed E-state index contributed by atoms with van der Waals surface area (Å²) < 4.78 is 4.62. The van der Waals surface area contributed by atoms with E-state index in [-0.39, 0.29) is 5.91 Å². The van der Waals surface area contributed by atoms with E-state index in [0.717, 1.165) is 22.4 Å². The van der Waals surface area contributed by atoms with Gasteiger partial charge in [0, 0.05) is 24.7 Å². The Hall–Kier alpha value is -3.08. The molecule has 0 unspecified atom stereocenters. The summed E-state index contributed by atoms with van der Waals surface area (Å²) >= 11 is 0. The lowest BCUT2D eigenvalue weighted by molar-refractivity contribution is -0.134. The van der Waals surface area contributed by atoms with Crippen molar-refractivity contribution < 1.29 is 14.3 Å². The van der Waals surface area contributed by atoms with Crippen molar-refractivity contribution in [3.05, 3.63) is 71.3 Å². The molecule has 0 aliphatic carbocycles. The molecule has 0 bridgehead atoms. The molecule has 0 saturated carbocycles. The Bertz CT molecular complexity index is 769. The Balaban J connectivity index is 2.04. The van der Waals surface area contributed by atoms with Gasteiger partial charge in [0.25, 0.3) is 0 Å². The number of carbonyl (C=O) groups excluding carboxylic acids is 2. The van der Waals surface area contributed by atoms with Gasteiger partial charge in [-0.15, -0.1) is 0 Å². The Morgan fingerprint density at radius 1 is 1.12 bits per heavy atom. The third kappa shape index (κ3) is 6.14. The third-order valence-electron chi connectivity index (χ3n) is 3.70. The van der Waals surface area contributed by atoms with Crippen LogP contribution in [-0.4, -0.2) is 19.0 Å². The number of nitrogens with two attached hydrogens (primary N) is 1. The average molecular weight is 338 g/mol. The molecule has 0 spiro atoms. The molecule has 0 aliphatic rings. The Labute approximate surface area is 147 Å². The highest BCUT2D eigenvalue weighted by Gasteiger charge is 2.02. The van der Waals surface area contributed by atoms with E-state index in [1.807, 2.05) is 42.5 Å². The molecule has 0 aromatic heterocycles. The number of hydrogen-bond donors (Lipinski definition) is 2. The van der Waals surface area contributed by atoms with Crippen LogP contribution < -0.4 is 11.1 Å². The van der Waals surface area contributed by atoms with Gasteiger partial charge >= 0.3 is 5.97 Å². The van der Waals surface area contributed by atoms with Crippen LogP contribution in [0.1, 0.15) is 23.1 Å². The molecule has 25 heavy (non-hydrogen) atoms. The Kier molecular flexibility index (Phi) is 6.77. The highest BCUT2D eigenvalue weighted by molar-refractivity contribution is 5.88. The number of aryl methyl sites for hydroxylation is 1. The number of rotatable bonds is 8. The molecule has 2 aromatic carbocycles. The summed E-state index contributed by atoms with van der Waals surface area (Å²) in [5, 5.41) is 3.37. The first-order chi connectivity index (χ1) is 12.1. The van der Waals surface area contributed by atoms with Gasteiger partial charge in [-0.05, 0) is 35.3 Å². The second-order valence-corrected chi connectivity index (χ2v) is 5.58. The minimum atomic E-state index is -0.392. The van der Waals surface area contributed by atoms with Crippen LogP contribution in [0.4, 0.5) is 5.69 Å². The Morgan fingerprint density at radius 2 is 1.88 bits per heavy atom. The van der Waals surface area contributed by atoms with E-state index in [9.17, 15) is 9.59 Å². The number of amides is 1. The number of benzene rings is 2.